The largest absolute Gasteiger partial charge is 0.493 e. The molecule has 0 amide bonds. The zero-order valence-corrected chi connectivity index (χ0v) is 16.5. The summed E-state index contributed by atoms with van der Waals surface area (Å²) in [6.07, 6.45) is 3.41. The van der Waals surface area contributed by atoms with Crippen LogP contribution in [0.4, 0.5) is 5.69 Å². The first kappa shape index (κ1) is 20.5. The van der Waals surface area contributed by atoms with E-state index in [2.05, 4.69) is 29.5 Å². The van der Waals surface area contributed by atoms with Gasteiger partial charge in [-0.25, -0.2) is 0 Å². The third-order valence-corrected chi connectivity index (χ3v) is 4.43. The number of benzene rings is 1. The molecule has 26 heavy (non-hydrogen) atoms. The summed E-state index contributed by atoms with van der Waals surface area (Å²) in [5.74, 6) is 2.33. The van der Waals surface area contributed by atoms with Crippen molar-refractivity contribution in [3.63, 3.8) is 0 Å². The van der Waals surface area contributed by atoms with Crippen LogP contribution in [-0.4, -0.2) is 64.4 Å². The van der Waals surface area contributed by atoms with E-state index in [0.29, 0.717) is 19.1 Å². The third-order valence-electron chi connectivity index (χ3n) is 4.43. The number of piperidine rings is 1. The zero-order valence-electron chi connectivity index (χ0n) is 16.5. The van der Waals surface area contributed by atoms with Crippen molar-refractivity contribution in [3.05, 3.63) is 24.3 Å². The van der Waals surface area contributed by atoms with Gasteiger partial charge in [-0.3, -0.25) is 4.99 Å². The van der Waals surface area contributed by atoms with Crippen LogP contribution < -0.4 is 15.4 Å². The van der Waals surface area contributed by atoms with Gasteiger partial charge in [0, 0.05) is 51.5 Å². The molecule has 6 heteroatoms. The molecule has 0 spiro atoms. The van der Waals surface area contributed by atoms with Crippen molar-refractivity contribution in [1.29, 1.82) is 0 Å². The van der Waals surface area contributed by atoms with Gasteiger partial charge in [0.1, 0.15) is 5.75 Å². The molecule has 1 atom stereocenters. The summed E-state index contributed by atoms with van der Waals surface area (Å²) in [6.45, 7) is 7.48. The van der Waals surface area contributed by atoms with Gasteiger partial charge in [-0.2, -0.15) is 0 Å². The molecular formula is C20H34N4O2. The molecule has 1 aromatic rings. The number of nitrogens with zero attached hydrogens (tertiary/aromatic N) is 2. The summed E-state index contributed by atoms with van der Waals surface area (Å²) in [7, 11) is 3.90. The van der Waals surface area contributed by atoms with Gasteiger partial charge in [0.2, 0.25) is 0 Å². The van der Waals surface area contributed by atoms with Crippen molar-refractivity contribution < 1.29 is 9.47 Å². The molecule has 146 valence electrons. The average molecular weight is 363 g/mol. The number of hydrogen-bond acceptors (Lipinski definition) is 4. The second-order valence-electron chi connectivity index (χ2n) is 6.84. The van der Waals surface area contributed by atoms with Gasteiger partial charge in [0.05, 0.1) is 6.61 Å². The summed E-state index contributed by atoms with van der Waals surface area (Å²) in [6, 6.07) is 8.00. The summed E-state index contributed by atoms with van der Waals surface area (Å²) in [5.41, 5.74) is 0.981. The van der Waals surface area contributed by atoms with Crippen molar-refractivity contribution in [3.8, 4) is 5.75 Å². The van der Waals surface area contributed by atoms with Gasteiger partial charge in [-0.05, 0) is 51.4 Å². The predicted molar refractivity (Wildman–Crippen MR) is 108 cm³/mol. The van der Waals surface area contributed by atoms with E-state index >= 15 is 0 Å². The smallest absolute Gasteiger partial charge is 0.195 e. The number of methoxy groups -OCH3 is 1. The number of nitrogens with one attached hydrogen (secondary N) is 2. The van der Waals surface area contributed by atoms with Crippen LogP contribution in [0.15, 0.2) is 29.3 Å². The lowest BCUT2D eigenvalue weighted by atomic mass is 9.99. The lowest BCUT2D eigenvalue weighted by Gasteiger charge is -2.28. The fourth-order valence-electron chi connectivity index (χ4n) is 3.14. The Hall–Kier alpha value is -1.79. The van der Waals surface area contributed by atoms with Gasteiger partial charge < -0.3 is 25.0 Å². The Labute approximate surface area is 158 Å². The maximum Gasteiger partial charge on any atom is 0.195 e. The van der Waals surface area contributed by atoms with Crippen molar-refractivity contribution in [1.82, 2.24) is 10.2 Å². The Morgan fingerprint density at radius 1 is 1.35 bits per heavy atom. The lowest BCUT2D eigenvalue weighted by Crippen LogP contribution is -2.35. The molecule has 0 aromatic heterocycles. The van der Waals surface area contributed by atoms with Gasteiger partial charge in [0.15, 0.2) is 5.96 Å². The van der Waals surface area contributed by atoms with E-state index in [4.69, 9.17) is 14.5 Å². The van der Waals surface area contributed by atoms with E-state index in [-0.39, 0.29) is 0 Å². The van der Waals surface area contributed by atoms with Crippen LogP contribution in [0, 0.1) is 5.92 Å². The van der Waals surface area contributed by atoms with Crippen molar-refractivity contribution >= 4 is 11.6 Å². The summed E-state index contributed by atoms with van der Waals surface area (Å²) in [5, 5.41) is 6.72. The molecule has 0 radical (unpaired) electrons. The molecule has 1 aliphatic rings. The van der Waals surface area contributed by atoms with Crippen LogP contribution in [-0.2, 0) is 4.74 Å². The predicted octanol–water partition coefficient (Wildman–Crippen LogP) is 2.82. The van der Waals surface area contributed by atoms with Crippen molar-refractivity contribution in [2.24, 2.45) is 10.9 Å². The second-order valence-corrected chi connectivity index (χ2v) is 6.84. The molecule has 1 aromatic carbocycles. The number of anilines is 1. The van der Waals surface area contributed by atoms with Crippen LogP contribution >= 0.6 is 0 Å². The minimum absolute atomic E-state index is 0.639. The highest BCUT2D eigenvalue weighted by molar-refractivity contribution is 5.93. The maximum atomic E-state index is 5.77. The maximum absolute atomic E-state index is 5.77. The average Bonchev–Trinajstić information content (AvgIpc) is 2.64. The molecule has 0 aliphatic carbocycles. The molecule has 0 saturated carbocycles. The molecular weight excluding hydrogens is 328 g/mol. The Kier molecular flexibility index (Phi) is 9.28. The monoisotopic (exact) mass is 362 g/mol. The number of aliphatic imine (C=N–C) groups is 1. The molecule has 2 rings (SSSR count). The molecule has 6 nitrogen and oxygen atoms in total. The van der Waals surface area contributed by atoms with Crippen LogP contribution in [0.1, 0.15) is 26.2 Å². The SMILES string of the molecule is CCNC(=NCC1CCCN(C)C1)Nc1cccc(OCCCOC)c1. The fraction of sp³-hybridized carbons (Fsp3) is 0.650. The van der Waals surface area contributed by atoms with E-state index in [1.54, 1.807) is 7.11 Å². The third kappa shape index (κ3) is 7.62. The zero-order chi connectivity index (χ0) is 18.6. The number of guanidine groups is 1. The van der Waals surface area contributed by atoms with E-state index in [1.807, 2.05) is 24.3 Å². The van der Waals surface area contributed by atoms with Gasteiger partial charge in [-0.1, -0.05) is 6.07 Å². The van der Waals surface area contributed by atoms with Crippen molar-refractivity contribution in [2.75, 3.05) is 58.9 Å². The van der Waals surface area contributed by atoms with Crippen LogP contribution in [0.2, 0.25) is 0 Å². The number of ether oxygens (including phenoxy) is 2. The standard InChI is InChI=1S/C20H34N4O2/c1-4-21-20(22-15-17-8-6-11-24(2)16-17)23-18-9-5-10-19(14-18)26-13-7-12-25-3/h5,9-10,14,17H,4,6-8,11-13,15-16H2,1-3H3,(H2,21,22,23). The topological polar surface area (TPSA) is 58.1 Å². The summed E-state index contributed by atoms with van der Waals surface area (Å²) in [4.78, 5) is 7.19. The quantitative estimate of drug-likeness (QED) is 0.402. The minimum Gasteiger partial charge on any atom is -0.493 e. The number of likely N-dealkylation sites (tertiary alicyclic amines) is 1. The Bertz CT molecular complexity index is 550. The highest BCUT2D eigenvalue weighted by Gasteiger charge is 2.16. The van der Waals surface area contributed by atoms with Gasteiger partial charge in [0.25, 0.3) is 0 Å². The molecule has 1 saturated heterocycles. The van der Waals surface area contributed by atoms with Crippen molar-refractivity contribution in [2.45, 2.75) is 26.2 Å². The van der Waals surface area contributed by atoms with Gasteiger partial charge >= 0.3 is 0 Å². The van der Waals surface area contributed by atoms with E-state index in [9.17, 15) is 0 Å². The van der Waals surface area contributed by atoms with Crippen LogP contribution in [0.25, 0.3) is 0 Å². The normalized spacial score (nSPS) is 18.6. The highest BCUT2D eigenvalue weighted by Crippen LogP contribution is 2.18. The molecule has 2 N–H and O–H groups in total. The minimum atomic E-state index is 0.639. The van der Waals surface area contributed by atoms with Gasteiger partial charge in [-0.15, -0.1) is 0 Å². The second kappa shape index (κ2) is 11.8. The molecule has 1 heterocycles. The van der Waals surface area contributed by atoms with E-state index in [1.165, 1.54) is 19.4 Å². The van der Waals surface area contributed by atoms with E-state index in [0.717, 1.165) is 43.5 Å². The van der Waals surface area contributed by atoms with Crippen LogP contribution in [0.5, 0.6) is 5.75 Å². The summed E-state index contributed by atoms with van der Waals surface area (Å²) >= 11 is 0. The molecule has 1 fully saturated rings. The Morgan fingerprint density at radius 3 is 3.00 bits per heavy atom. The first-order chi connectivity index (χ1) is 12.7. The van der Waals surface area contributed by atoms with E-state index < -0.39 is 0 Å². The first-order valence-corrected chi connectivity index (χ1v) is 9.67. The fourth-order valence-corrected chi connectivity index (χ4v) is 3.14. The molecule has 1 aliphatic heterocycles. The molecule has 0 bridgehead atoms. The first-order valence-electron chi connectivity index (χ1n) is 9.67. The Morgan fingerprint density at radius 2 is 2.23 bits per heavy atom. The highest BCUT2D eigenvalue weighted by atomic mass is 16.5. The number of hydrogen-bond donors (Lipinski definition) is 2. The summed E-state index contributed by atoms with van der Waals surface area (Å²) < 4.78 is 10.8. The number of rotatable bonds is 9. The van der Waals surface area contributed by atoms with Crippen LogP contribution in [0.3, 0.4) is 0 Å². The molecule has 1 unspecified atom stereocenters. The lowest BCUT2D eigenvalue weighted by molar-refractivity contribution is 0.172. The Balaban J connectivity index is 1.90.